The average molecular weight is 432 g/mol. The van der Waals surface area contributed by atoms with Gasteiger partial charge in [-0.1, -0.05) is 12.1 Å². The van der Waals surface area contributed by atoms with Gasteiger partial charge in [0.1, 0.15) is 6.07 Å². The molecule has 6 N–H and O–H groups in total. The Morgan fingerprint density at radius 3 is 1.42 bits per heavy atom. The van der Waals surface area contributed by atoms with E-state index in [-0.39, 0.29) is 34.4 Å². The molecule has 0 aliphatic carbocycles. The standard InChI is InChI=1S/C21H12N12/c22-7-14-15(23)31-19-18(30-14)26-10-3-1-8(5-12(10)28-19)9-2-4-11-13(6-9)29-21-20(27-11)32-16(24)17(25)33-21/h1-6H,(H2,23,28,31)(H2,24,27,32)(H2,25,29,33). The van der Waals surface area contributed by atoms with Crippen LogP contribution in [0.15, 0.2) is 36.4 Å². The lowest BCUT2D eigenvalue weighted by Crippen LogP contribution is -2.03. The summed E-state index contributed by atoms with van der Waals surface area (Å²) in [4.78, 5) is 34.6. The summed E-state index contributed by atoms with van der Waals surface area (Å²) < 4.78 is 0. The van der Waals surface area contributed by atoms with Gasteiger partial charge in [-0.05, 0) is 35.4 Å². The summed E-state index contributed by atoms with van der Waals surface area (Å²) in [5.74, 6) is 0.242. The van der Waals surface area contributed by atoms with Crippen LogP contribution in [0.4, 0.5) is 17.5 Å². The number of benzene rings is 2. The fourth-order valence-electron chi connectivity index (χ4n) is 3.49. The topological polar surface area (TPSA) is 205 Å². The molecule has 12 heteroatoms. The van der Waals surface area contributed by atoms with E-state index in [9.17, 15) is 0 Å². The van der Waals surface area contributed by atoms with Crippen molar-refractivity contribution < 1.29 is 0 Å². The van der Waals surface area contributed by atoms with E-state index in [1.807, 2.05) is 42.5 Å². The van der Waals surface area contributed by atoms with Crippen molar-refractivity contribution in [3.8, 4) is 17.2 Å². The van der Waals surface area contributed by atoms with Crippen molar-refractivity contribution in [2.75, 3.05) is 17.2 Å². The molecule has 4 aromatic heterocycles. The highest BCUT2D eigenvalue weighted by molar-refractivity contribution is 5.90. The van der Waals surface area contributed by atoms with E-state index in [0.29, 0.717) is 33.4 Å². The Labute approximate surface area is 184 Å². The molecule has 0 aliphatic heterocycles. The predicted octanol–water partition coefficient (Wildman–Crippen LogP) is 1.74. The van der Waals surface area contributed by atoms with Gasteiger partial charge in [0.2, 0.25) is 11.3 Å². The molecule has 0 aliphatic rings. The smallest absolute Gasteiger partial charge is 0.200 e. The summed E-state index contributed by atoms with van der Waals surface area (Å²) in [6.07, 6.45) is 0. The molecule has 0 radical (unpaired) electrons. The van der Waals surface area contributed by atoms with E-state index in [1.54, 1.807) is 0 Å². The van der Waals surface area contributed by atoms with E-state index in [1.165, 1.54) is 0 Å². The third kappa shape index (κ3) is 2.92. The molecule has 0 unspecified atom stereocenters. The van der Waals surface area contributed by atoms with Gasteiger partial charge in [0.25, 0.3) is 0 Å². The fourth-order valence-corrected chi connectivity index (χ4v) is 3.49. The van der Waals surface area contributed by atoms with Gasteiger partial charge in [-0.2, -0.15) is 5.26 Å². The lowest BCUT2D eigenvalue weighted by atomic mass is 10.0. The molecule has 0 bridgehead atoms. The van der Waals surface area contributed by atoms with Crippen LogP contribution in [0, 0.1) is 11.3 Å². The number of aromatic nitrogens is 8. The Kier molecular flexibility index (Phi) is 3.69. The summed E-state index contributed by atoms with van der Waals surface area (Å²) >= 11 is 0. The minimum absolute atomic E-state index is 0.0145. The van der Waals surface area contributed by atoms with Crippen LogP contribution in [0.2, 0.25) is 0 Å². The van der Waals surface area contributed by atoms with E-state index in [2.05, 4.69) is 39.9 Å². The van der Waals surface area contributed by atoms with Gasteiger partial charge >= 0.3 is 0 Å². The third-order valence-electron chi connectivity index (χ3n) is 5.10. The molecule has 0 saturated heterocycles. The first kappa shape index (κ1) is 18.5. The maximum Gasteiger partial charge on any atom is 0.200 e. The molecule has 6 aromatic rings. The van der Waals surface area contributed by atoms with E-state index >= 15 is 0 Å². The van der Waals surface area contributed by atoms with Crippen LogP contribution >= 0.6 is 0 Å². The van der Waals surface area contributed by atoms with Crippen LogP contribution in [0.1, 0.15) is 5.69 Å². The molecule has 0 amide bonds. The number of anilines is 3. The molecule has 33 heavy (non-hydrogen) atoms. The van der Waals surface area contributed by atoms with Gasteiger partial charge in [0.05, 0.1) is 22.1 Å². The van der Waals surface area contributed by atoms with Crippen LogP contribution in [0.25, 0.3) is 55.8 Å². The van der Waals surface area contributed by atoms with Gasteiger partial charge < -0.3 is 17.2 Å². The molecule has 2 aromatic carbocycles. The lowest BCUT2D eigenvalue weighted by molar-refractivity contribution is 1.18. The zero-order chi connectivity index (χ0) is 22.7. The minimum Gasteiger partial charge on any atom is -0.381 e. The van der Waals surface area contributed by atoms with Gasteiger partial charge in [-0.25, -0.2) is 39.9 Å². The zero-order valence-electron chi connectivity index (χ0n) is 16.7. The predicted molar refractivity (Wildman–Crippen MR) is 122 cm³/mol. The third-order valence-corrected chi connectivity index (χ3v) is 5.10. The maximum absolute atomic E-state index is 9.10. The monoisotopic (exact) mass is 432 g/mol. The highest BCUT2D eigenvalue weighted by atomic mass is 15.1. The quantitative estimate of drug-likeness (QED) is 0.318. The number of hydrogen-bond donors (Lipinski definition) is 3. The first-order chi connectivity index (χ1) is 16.0. The highest BCUT2D eigenvalue weighted by Gasteiger charge is 2.12. The first-order valence-electron chi connectivity index (χ1n) is 9.64. The Morgan fingerprint density at radius 2 is 0.939 bits per heavy atom. The van der Waals surface area contributed by atoms with Crippen LogP contribution in [-0.4, -0.2) is 39.9 Å². The molecule has 0 atom stereocenters. The number of rotatable bonds is 1. The second-order valence-electron chi connectivity index (χ2n) is 7.21. The van der Waals surface area contributed by atoms with Crippen molar-refractivity contribution >= 4 is 62.1 Å². The maximum atomic E-state index is 9.10. The summed E-state index contributed by atoms with van der Waals surface area (Å²) in [5.41, 5.74) is 22.7. The first-order valence-corrected chi connectivity index (χ1v) is 9.64. The number of nitrogens with two attached hydrogens (primary N) is 3. The second kappa shape index (κ2) is 6.59. The van der Waals surface area contributed by atoms with Crippen molar-refractivity contribution in [2.45, 2.75) is 0 Å². The lowest BCUT2D eigenvalue weighted by Gasteiger charge is -2.07. The average Bonchev–Trinajstić information content (AvgIpc) is 2.81. The fraction of sp³-hybridized carbons (Fsp3) is 0. The van der Waals surface area contributed by atoms with Crippen LogP contribution in [0.5, 0.6) is 0 Å². The van der Waals surface area contributed by atoms with Crippen molar-refractivity contribution in [1.82, 2.24) is 39.9 Å². The summed E-state index contributed by atoms with van der Waals surface area (Å²) in [6, 6.07) is 13.2. The zero-order valence-corrected chi connectivity index (χ0v) is 16.7. The summed E-state index contributed by atoms with van der Waals surface area (Å²) in [5, 5.41) is 9.10. The highest BCUT2D eigenvalue weighted by Crippen LogP contribution is 2.27. The van der Waals surface area contributed by atoms with Crippen LogP contribution < -0.4 is 17.2 Å². The largest absolute Gasteiger partial charge is 0.381 e. The summed E-state index contributed by atoms with van der Waals surface area (Å²) in [6.45, 7) is 0. The van der Waals surface area contributed by atoms with Crippen molar-refractivity contribution in [2.24, 2.45) is 0 Å². The molecule has 0 saturated carbocycles. The van der Waals surface area contributed by atoms with E-state index in [0.717, 1.165) is 11.1 Å². The number of nitrogens with zero attached hydrogens (tertiary/aromatic N) is 9. The Balaban J connectivity index is 1.50. The SMILES string of the molecule is N#Cc1nc2nc3ccc(-c4ccc5nc6nc(N)c(N)nc6nc5c4)cc3nc2nc1N. The number of nitriles is 1. The van der Waals surface area contributed by atoms with Crippen LogP contribution in [-0.2, 0) is 0 Å². The molecule has 0 spiro atoms. The Morgan fingerprint density at radius 1 is 0.515 bits per heavy atom. The minimum atomic E-state index is 0.0145. The van der Waals surface area contributed by atoms with Gasteiger partial charge in [-0.3, -0.25) is 0 Å². The summed E-state index contributed by atoms with van der Waals surface area (Å²) in [7, 11) is 0. The molecule has 4 heterocycles. The van der Waals surface area contributed by atoms with E-state index < -0.39 is 0 Å². The molecule has 6 rings (SSSR count). The molecule has 12 nitrogen and oxygen atoms in total. The van der Waals surface area contributed by atoms with Crippen LogP contribution in [0.3, 0.4) is 0 Å². The Hall–Kier alpha value is -5.31. The van der Waals surface area contributed by atoms with Gasteiger partial charge in [0.15, 0.2) is 34.4 Å². The van der Waals surface area contributed by atoms with E-state index in [4.69, 9.17) is 22.5 Å². The molecular weight excluding hydrogens is 420 g/mol. The van der Waals surface area contributed by atoms with Crippen molar-refractivity contribution in [3.05, 3.63) is 42.1 Å². The van der Waals surface area contributed by atoms with Gasteiger partial charge in [0, 0.05) is 0 Å². The number of nitrogen functional groups attached to an aromatic ring is 3. The normalized spacial score (nSPS) is 11.4. The molecular formula is C21H12N12. The van der Waals surface area contributed by atoms with Crippen molar-refractivity contribution in [1.29, 1.82) is 5.26 Å². The Bertz CT molecular complexity index is 1820. The number of hydrogen-bond acceptors (Lipinski definition) is 12. The molecule has 0 fully saturated rings. The van der Waals surface area contributed by atoms with Crippen molar-refractivity contribution in [3.63, 3.8) is 0 Å². The number of fused-ring (bicyclic) bond motifs is 4. The second-order valence-corrected chi connectivity index (χ2v) is 7.21. The van der Waals surface area contributed by atoms with Gasteiger partial charge in [-0.15, -0.1) is 0 Å². The molecule has 156 valence electrons.